The van der Waals surface area contributed by atoms with Gasteiger partial charge in [-0.15, -0.1) is 11.3 Å². The Hall–Kier alpha value is -3.38. The van der Waals surface area contributed by atoms with Crippen molar-refractivity contribution in [2.24, 2.45) is 0 Å². The molecule has 3 heterocycles. The van der Waals surface area contributed by atoms with Crippen LogP contribution in [0.3, 0.4) is 0 Å². The number of thiophene rings is 1. The molecule has 27 heavy (non-hydrogen) atoms. The van der Waals surface area contributed by atoms with Crippen LogP contribution in [0.1, 0.15) is 15.4 Å². The van der Waals surface area contributed by atoms with Crippen LogP contribution in [-0.4, -0.2) is 20.7 Å². The Morgan fingerprint density at radius 3 is 2.81 bits per heavy atom. The molecule has 0 atom stereocenters. The summed E-state index contributed by atoms with van der Waals surface area (Å²) in [6.07, 6.45) is 1.89. The fraction of sp³-hybridized carbons (Fsp3) is 0.0476. The molecule has 5 aromatic rings. The Morgan fingerprint density at radius 2 is 1.96 bits per heavy atom. The van der Waals surface area contributed by atoms with Crippen LogP contribution < -0.4 is 5.32 Å². The molecule has 6 heteroatoms. The highest BCUT2D eigenvalue weighted by Gasteiger charge is 2.17. The molecule has 0 saturated heterocycles. The van der Waals surface area contributed by atoms with E-state index in [0.29, 0.717) is 4.88 Å². The molecule has 0 saturated carbocycles. The zero-order chi connectivity index (χ0) is 18.4. The maximum atomic E-state index is 12.8. The average molecular weight is 372 g/mol. The van der Waals surface area contributed by atoms with Gasteiger partial charge in [-0.05, 0) is 49.4 Å². The number of H-pyrrole nitrogens is 1. The van der Waals surface area contributed by atoms with Crippen molar-refractivity contribution in [3.63, 3.8) is 0 Å². The third-order valence-electron chi connectivity index (χ3n) is 4.58. The molecule has 132 valence electrons. The van der Waals surface area contributed by atoms with Gasteiger partial charge >= 0.3 is 0 Å². The fourth-order valence-corrected chi connectivity index (χ4v) is 4.31. The highest BCUT2D eigenvalue weighted by atomic mass is 32.1. The average Bonchev–Trinajstić information content (AvgIpc) is 3.38. The van der Waals surface area contributed by atoms with Crippen LogP contribution in [0.4, 0.5) is 5.69 Å². The number of hydrogen-bond acceptors (Lipinski definition) is 3. The first kappa shape index (κ1) is 15.8. The summed E-state index contributed by atoms with van der Waals surface area (Å²) in [5, 5.41) is 9.70. The second-order valence-electron chi connectivity index (χ2n) is 6.40. The predicted octanol–water partition coefficient (Wildman–Crippen LogP) is 5.13. The maximum absolute atomic E-state index is 12.8. The number of aromatic amines is 1. The zero-order valence-electron chi connectivity index (χ0n) is 14.6. The van der Waals surface area contributed by atoms with E-state index >= 15 is 0 Å². The second kappa shape index (κ2) is 6.10. The number of amides is 1. The van der Waals surface area contributed by atoms with Gasteiger partial charge in [0, 0.05) is 28.2 Å². The zero-order valence-corrected chi connectivity index (χ0v) is 15.4. The molecule has 3 aromatic heterocycles. The van der Waals surface area contributed by atoms with Crippen molar-refractivity contribution in [3.8, 4) is 5.69 Å². The van der Waals surface area contributed by atoms with E-state index in [4.69, 9.17) is 0 Å². The Labute approximate surface area is 159 Å². The molecule has 0 fully saturated rings. The Balaban J connectivity index is 1.50. The topological polar surface area (TPSA) is 62.7 Å². The van der Waals surface area contributed by atoms with Crippen molar-refractivity contribution < 1.29 is 4.79 Å². The van der Waals surface area contributed by atoms with Gasteiger partial charge in [-0.1, -0.05) is 18.2 Å². The summed E-state index contributed by atoms with van der Waals surface area (Å²) < 4.78 is 1.90. The first-order valence-electron chi connectivity index (χ1n) is 8.62. The van der Waals surface area contributed by atoms with Gasteiger partial charge in [-0.25, -0.2) is 4.68 Å². The molecule has 0 aliphatic carbocycles. The maximum Gasteiger partial charge on any atom is 0.265 e. The summed E-state index contributed by atoms with van der Waals surface area (Å²) >= 11 is 1.45. The number of nitrogens with one attached hydrogen (secondary N) is 2. The third kappa shape index (κ3) is 2.71. The summed E-state index contributed by atoms with van der Waals surface area (Å²) in [4.78, 5) is 17.6. The van der Waals surface area contributed by atoms with E-state index in [0.717, 1.165) is 38.2 Å². The van der Waals surface area contributed by atoms with Crippen molar-refractivity contribution >= 4 is 44.1 Å². The Morgan fingerprint density at radius 1 is 1.11 bits per heavy atom. The lowest BCUT2D eigenvalue weighted by Gasteiger charge is -2.04. The number of benzene rings is 2. The predicted molar refractivity (Wildman–Crippen MR) is 110 cm³/mol. The molecule has 0 bridgehead atoms. The molecular weight excluding hydrogens is 356 g/mol. The minimum Gasteiger partial charge on any atom is -0.361 e. The third-order valence-corrected chi connectivity index (χ3v) is 5.69. The summed E-state index contributed by atoms with van der Waals surface area (Å²) in [5.41, 5.74) is 3.74. The van der Waals surface area contributed by atoms with Crippen LogP contribution in [0.2, 0.25) is 0 Å². The van der Waals surface area contributed by atoms with Crippen molar-refractivity contribution in [1.82, 2.24) is 14.8 Å². The van der Waals surface area contributed by atoms with E-state index < -0.39 is 0 Å². The van der Waals surface area contributed by atoms with Gasteiger partial charge in [-0.3, -0.25) is 4.79 Å². The molecule has 5 rings (SSSR count). The number of carbonyl (C=O) groups excluding carboxylic acids is 1. The quantitative estimate of drug-likeness (QED) is 0.461. The van der Waals surface area contributed by atoms with Crippen LogP contribution >= 0.6 is 11.3 Å². The van der Waals surface area contributed by atoms with Crippen molar-refractivity contribution in [3.05, 3.63) is 77.4 Å². The highest BCUT2D eigenvalue weighted by molar-refractivity contribution is 7.20. The van der Waals surface area contributed by atoms with E-state index in [9.17, 15) is 4.79 Å². The minimum absolute atomic E-state index is 0.106. The molecule has 0 radical (unpaired) electrons. The molecule has 0 aliphatic heterocycles. The van der Waals surface area contributed by atoms with Crippen molar-refractivity contribution in [1.29, 1.82) is 0 Å². The number of carbonyl (C=O) groups is 1. The van der Waals surface area contributed by atoms with E-state index in [-0.39, 0.29) is 5.91 Å². The van der Waals surface area contributed by atoms with Crippen LogP contribution in [0.15, 0.2) is 66.9 Å². The first-order valence-corrected chi connectivity index (χ1v) is 9.44. The van der Waals surface area contributed by atoms with Crippen LogP contribution in [0.25, 0.3) is 26.8 Å². The summed E-state index contributed by atoms with van der Waals surface area (Å²) in [6, 6.07) is 19.7. The van der Waals surface area contributed by atoms with Gasteiger partial charge in [0.2, 0.25) is 0 Å². The lowest BCUT2D eigenvalue weighted by atomic mass is 10.2. The number of aryl methyl sites for hydroxylation is 1. The van der Waals surface area contributed by atoms with Crippen molar-refractivity contribution in [2.75, 3.05) is 5.32 Å². The van der Waals surface area contributed by atoms with Gasteiger partial charge in [0.15, 0.2) is 0 Å². The normalized spacial score (nSPS) is 11.3. The van der Waals surface area contributed by atoms with Crippen LogP contribution in [0, 0.1) is 6.92 Å². The van der Waals surface area contributed by atoms with Gasteiger partial charge in [0.1, 0.15) is 4.83 Å². The van der Waals surface area contributed by atoms with Gasteiger partial charge in [0.05, 0.1) is 16.3 Å². The molecule has 2 N–H and O–H groups in total. The van der Waals surface area contributed by atoms with Crippen LogP contribution in [0.5, 0.6) is 0 Å². The SMILES string of the molecule is Cc1nn(-c2ccccc2)c2sc(C(=O)Nc3ccc4[nH]ccc4c3)cc12. The largest absolute Gasteiger partial charge is 0.361 e. The smallest absolute Gasteiger partial charge is 0.265 e. The second-order valence-corrected chi connectivity index (χ2v) is 7.43. The summed E-state index contributed by atoms with van der Waals surface area (Å²) in [6.45, 7) is 1.97. The molecule has 2 aromatic carbocycles. The van der Waals surface area contributed by atoms with Crippen molar-refractivity contribution in [2.45, 2.75) is 6.92 Å². The number of aromatic nitrogens is 3. The van der Waals surface area contributed by atoms with E-state index in [2.05, 4.69) is 15.4 Å². The standard InChI is InChI=1S/C21H16N4OS/c1-13-17-12-19(27-21(17)25(24-13)16-5-3-2-4-6-16)20(26)23-15-7-8-18-14(11-15)9-10-22-18/h2-12,22H,1H3,(H,23,26). The van der Waals surface area contributed by atoms with Crippen LogP contribution in [-0.2, 0) is 0 Å². The number of hydrogen-bond donors (Lipinski definition) is 2. The Kier molecular flexibility index (Phi) is 3.58. The minimum atomic E-state index is -0.106. The lowest BCUT2D eigenvalue weighted by molar-refractivity contribution is 0.103. The van der Waals surface area contributed by atoms with E-state index in [1.807, 2.05) is 78.5 Å². The molecule has 5 nitrogen and oxygen atoms in total. The number of fused-ring (bicyclic) bond motifs is 2. The molecule has 0 spiro atoms. The monoisotopic (exact) mass is 372 g/mol. The number of anilines is 1. The molecular formula is C21H16N4OS. The van der Waals surface area contributed by atoms with Gasteiger partial charge < -0.3 is 10.3 Å². The molecule has 1 amide bonds. The van der Waals surface area contributed by atoms with Gasteiger partial charge in [-0.2, -0.15) is 5.10 Å². The fourth-order valence-electron chi connectivity index (χ4n) is 3.23. The number of para-hydroxylation sites is 1. The summed E-state index contributed by atoms with van der Waals surface area (Å²) in [5.74, 6) is -0.106. The number of rotatable bonds is 3. The first-order chi connectivity index (χ1) is 13.2. The lowest BCUT2D eigenvalue weighted by Crippen LogP contribution is -2.09. The Bertz CT molecular complexity index is 1280. The molecule has 0 aliphatic rings. The van der Waals surface area contributed by atoms with E-state index in [1.165, 1.54) is 11.3 Å². The molecule has 0 unspecified atom stereocenters. The van der Waals surface area contributed by atoms with Gasteiger partial charge in [0.25, 0.3) is 5.91 Å². The number of nitrogens with zero attached hydrogens (tertiary/aromatic N) is 2. The summed E-state index contributed by atoms with van der Waals surface area (Å²) in [7, 11) is 0. The van der Waals surface area contributed by atoms with E-state index in [1.54, 1.807) is 0 Å². The highest BCUT2D eigenvalue weighted by Crippen LogP contribution is 2.31.